The lowest BCUT2D eigenvalue weighted by Crippen LogP contribution is -2.18. The van der Waals surface area contributed by atoms with Gasteiger partial charge in [-0.25, -0.2) is 0 Å². The van der Waals surface area contributed by atoms with Gasteiger partial charge in [0, 0.05) is 0 Å². The predicted octanol–water partition coefficient (Wildman–Crippen LogP) is 2.55. The third-order valence-corrected chi connectivity index (χ3v) is 2.82. The monoisotopic (exact) mass is 171 g/mol. The fourth-order valence-corrected chi connectivity index (χ4v) is 2.03. The molecule has 0 aliphatic carbocycles. The topological polar surface area (TPSA) is 0 Å². The highest BCUT2D eigenvalue weighted by molar-refractivity contribution is 6.54. The molecule has 2 rings (SSSR count). The molecule has 0 spiro atoms. The second-order valence-corrected chi connectivity index (χ2v) is 3.86. The zero-order valence-corrected chi connectivity index (χ0v) is 8.13. The van der Waals surface area contributed by atoms with Gasteiger partial charge >= 0.3 is 0 Å². The molecular formula is C12H16B. The van der Waals surface area contributed by atoms with Gasteiger partial charge in [0.25, 0.3) is 0 Å². The van der Waals surface area contributed by atoms with E-state index in [2.05, 4.69) is 31.5 Å². The molecule has 0 N–H and O–H groups in total. The second-order valence-electron chi connectivity index (χ2n) is 3.86. The standard InChI is InChI=1S/C12H16B/c1-2-6-10-13-12-9-5-4-8-11(12)7-3-1/h4-5,8-9H,1-3,6-7,10H2. The minimum Gasteiger partial charge on any atom is -0.0847 e. The molecule has 1 radical (unpaired) electrons. The highest BCUT2D eigenvalue weighted by Crippen LogP contribution is 2.10. The Morgan fingerprint density at radius 3 is 2.77 bits per heavy atom. The molecule has 0 saturated heterocycles. The summed E-state index contributed by atoms with van der Waals surface area (Å²) >= 11 is 0. The summed E-state index contributed by atoms with van der Waals surface area (Å²) in [6.07, 6.45) is 8.08. The van der Waals surface area contributed by atoms with E-state index in [1.165, 1.54) is 43.9 Å². The lowest BCUT2D eigenvalue weighted by Gasteiger charge is -2.05. The van der Waals surface area contributed by atoms with Crippen LogP contribution in [0.5, 0.6) is 0 Å². The molecule has 1 aromatic carbocycles. The van der Waals surface area contributed by atoms with Crippen LogP contribution >= 0.6 is 0 Å². The van der Waals surface area contributed by atoms with Crippen LogP contribution in [-0.4, -0.2) is 7.28 Å². The van der Waals surface area contributed by atoms with Gasteiger partial charge in [0.2, 0.25) is 0 Å². The highest BCUT2D eigenvalue weighted by Gasteiger charge is 2.05. The van der Waals surface area contributed by atoms with Crippen LogP contribution in [0.3, 0.4) is 0 Å². The smallest absolute Gasteiger partial charge is 0.0847 e. The third-order valence-electron chi connectivity index (χ3n) is 2.82. The summed E-state index contributed by atoms with van der Waals surface area (Å²) in [6, 6.07) is 8.83. The molecule has 1 heteroatoms. The number of hydrogen-bond donors (Lipinski definition) is 0. The molecule has 0 saturated carbocycles. The van der Waals surface area contributed by atoms with Gasteiger partial charge in [-0.05, 0) is 12.8 Å². The van der Waals surface area contributed by atoms with Crippen LogP contribution in [0, 0.1) is 0 Å². The van der Waals surface area contributed by atoms with E-state index in [1.807, 2.05) is 0 Å². The molecule has 0 aromatic heterocycles. The molecule has 1 heterocycles. The Morgan fingerprint density at radius 2 is 1.77 bits per heavy atom. The van der Waals surface area contributed by atoms with E-state index in [-0.39, 0.29) is 0 Å². The van der Waals surface area contributed by atoms with Crippen LogP contribution in [0.15, 0.2) is 24.3 Å². The molecule has 0 nitrogen and oxygen atoms in total. The molecule has 1 aliphatic rings. The summed E-state index contributed by atoms with van der Waals surface area (Å²) < 4.78 is 0. The number of benzene rings is 1. The van der Waals surface area contributed by atoms with E-state index in [9.17, 15) is 0 Å². The summed E-state index contributed by atoms with van der Waals surface area (Å²) in [6.45, 7) is 0. The van der Waals surface area contributed by atoms with E-state index >= 15 is 0 Å². The predicted molar refractivity (Wildman–Crippen MR) is 58.8 cm³/mol. The van der Waals surface area contributed by atoms with Gasteiger partial charge in [-0.2, -0.15) is 0 Å². The van der Waals surface area contributed by atoms with Gasteiger partial charge in [0.05, 0.1) is 0 Å². The van der Waals surface area contributed by atoms with E-state index in [1.54, 1.807) is 5.56 Å². The Balaban J connectivity index is 2.17. The average molecular weight is 171 g/mol. The SMILES string of the molecule is [B]1CCCCCCc2ccccc21. The summed E-state index contributed by atoms with van der Waals surface area (Å²) in [5.41, 5.74) is 3.02. The maximum Gasteiger partial charge on any atom is 0.151 e. The summed E-state index contributed by atoms with van der Waals surface area (Å²) in [4.78, 5) is 0. The maximum absolute atomic E-state index is 2.40. The first-order valence-corrected chi connectivity index (χ1v) is 5.38. The van der Waals surface area contributed by atoms with Gasteiger partial charge in [0.1, 0.15) is 0 Å². The van der Waals surface area contributed by atoms with Gasteiger partial charge in [0.15, 0.2) is 7.28 Å². The average Bonchev–Trinajstić information content (AvgIpc) is 2.28. The molecule has 0 bridgehead atoms. The zero-order chi connectivity index (χ0) is 8.93. The van der Waals surface area contributed by atoms with Crippen molar-refractivity contribution in [1.29, 1.82) is 0 Å². The fourth-order valence-electron chi connectivity index (χ4n) is 2.03. The van der Waals surface area contributed by atoms with Crippen LogP contribution < -0.4 is 5.46 Å². The Bertz CT molecular complexity index is 241. The van der Waals surface area contributed by atoms with Crippen molar-refractivity contribution in [3.05, 3.63) is 29.8 Å². The zero-order valence-electron chi connectivity index (χ0n) is 8.13. The van der Waals surface area contributed by atoms with Crippen molar-refractivity contribution >= 4 is 12.7 Å². The lowest BCUT2D eigenvalue weighted by atomic mass is 9.64. The van der Waals surface area contributed by atoms with Gasteiger partial charge < -0.3 is 0 Å². The third kappa shape index (κ3) is 2.36. The van der Waals surface area contributed by atoms with Crippen molar-refractivity contribution in [2.45, 2.75) is 38.4 Å². The van der Waals surface area contributed by atoms with Crippen LogP contribution in [0.4, 0.5) is 0 Å². The number of fused-ring (bicyclic) bond motifs is 1. The number of aryl methyl sites for hydroxylation is 1. The largest absolute Gasteiger partial charge is 0.151 e. The Hall–Kier alpha value is -0.715. The Morgan fingerprint density at radius 1 is 0.923 bits per heavy atom. The Kier molecular flexibility index (Phi) is 3.07. The van der Waals surface area contributed by atoms with Crippen molar-refractivity contribution < 1.29 is 0 Å². The van der Waals surface area contributed by atoms with Crippen LogP contribution in [0.1, 0.15) is 31.2 Å². The molecule has 0 atom stereocenters. The van der Waals surface area contributed by atoms with Gasteiger partial charge in [-0.1, -0.05) is 60.9 Å². The minimum absolute atomic E-state index is 1.26. The van der Waals surface area contributed by atoms with E-state index < -0.39 is 0 Å². The van der Waals surface area contributed by atoms with Crippen molar-refractivity contribution in [3.8, 4) is 0 Å². The molecule has 1 aliphatic heterocycles. The van der Waals surface area contributed by atoms with Crippen LogP contribution in [0.25, 0.3) is 0 Å². The van der Waals surface area contributed by atoms with E-state index in [0.717, 1.165) is 0 Å². The van der Waals surface area contributed by atoms with Gasteiger partial charge in [-0.3, -0.25) is 0 Å². The Labute approximate surface area is 81.6 Å². The molecule has 1 aromatic rings. The van der Waals surface area contributed by atoms with Crippen LogP contribution in [0.2, 0.25) is 6.32 Å². The number of rotatable bonds is 0. The summed E-state index contributed by atoms with van der Waals surface area (Å²) in [7, 11) is 2.40. The lowest BCUT2D eigenvalue weighted by molar-refractivity contribution is 0.670. The first kappa shape index (κ1) is 8.86. The van der Waals surface area contributed by atoms with Crippen molar-refractivity contribution in [1.82, 2.24) is 0 Å². The minimum atomic E-state index is 1.26. The summed E-state index contributed by atoms with van der Waals surface area (Å²) in [5, 5.41) is 0. The molecule has 13 heavy (non-hydrogen) atoms. The molecule has 0 unspecified atom stereocenters. The summed E-state index contributed by atoms with van der Waals surface area (Å²) in [5.74, 6) is 0. The van der Waals surface area contributed by atoms with Crippen LogP contribution in [-0.2, 0) is 6.42 Å². The fraction of sp³-hybridized carbons (Fsp3) is 0.500. The quantitative estimate of drug-likeness (QED) is 0.526. The first-order chi connectivity index (χ1) is 6.47. The maximum atomic E-state index is 2.40. The van der Waals surface area contributed by atoms with E-state index in [4.69, 9.17) is 0 Å². The first-order valence-electron chi connectivity index (χ1n) is 5.38. The van der Waals surface area contributed by atoms with Crippen molar-refractivity contribution in [3.63, 3.8) is 0 Å². The van der Waals surface area contributed by atoms with Crippen molar-refractivity contribution in [2.75, 3.05) is 0 Å². The van der Waals surface area contributed by atoms with Gasteiger partial charge in [-0.15, -0.1) is 0 Å². The van der Waals surface area contributed by atoms with Crippen molar-refractivity contribution in [2.24, 2.45) is 0 Å². The molecule has 67 valence electrons. The number of hydrogen-bond acceptors (Lipinski definition) is 0. The molecule has 0 amide bonds. The van der Waals surface area contributed by atoms with E-state index in [0.29, 0.717) is 0 Å². The normalized spacial score (nSPS) is 17.5. The molecule has 0 fully saturated rings. The second kappa shape index (κ2) is 4.50. The highest BCUT2D eigenvalue weighted by atomic mass is 14.0. The molecular weight excluding hydrogens is 155 g/mol.